The van der Waals surface area contributed by atoms with E-state index in [9.17, 15) is 9.90 Å². The van der Waals surface area contributed by atoms with Gasteiger partial charge < -0.3 is 19.6 Å². The lowest BCUT2D eigenvalue weighted by atomic mass is 10.1. The molecule has 0 radical (unpaired) electrons. The van der Waals surface area contributed by atoms with Gasteiger partial charge in [-0.1, -0.05) is 19.9 Å². The average molecular weight is 306 g/mol. The molecule has 0 spiro atoms. The van der Waals surface area contributed by atoms with Crippen molar-refractivity contribution in [1.29, 1.82) is 0 Å². The SMILES string of the molecule is CCN(CC)CCN1C(=O)CCOc2ccc(C(C)O)cc21. The molecular weight excluding hydrogens is 280 g/mol. The number of hydrogen-bond acceptors (Lipinski definition) is 4. The highest BCUT2D eigenvalue weighted by molar-refractivity contribution is 5.95. The van der Waals surface area contributed by atoms with E-state index in [-0.39, 0.29) is 5.91 Å². The summed E-state index contributed by atoms with van der Waals surface area (Å²) in [7, 11) is 0. The zero-order chi connectivity index (χ0) is 16.1. The topological polar surface area (TPSA) is 53.0 Å². The standard InChI is InChI=1S/C17H26N2O3/c1-4-18(5-2)9-10-19-15-12-14(13(3)20)6-7-16(15)22-11-8-17(19)21/h6-7,12-13,20H,4-5,8-11H2,1-3H3. The van der Waals surface area contributed by atoms with Crippen LogP contribution in [0.1, 0.15) is 38.9 Å². The van der Waals surface area contributed by atoms with Gasteiger partial charge in [0.15, 0.2) is 0 Å². The van der Waals surface area contributed by atoms with Crippen molar-refractivity contribution in [1.82, 2.24) is 4.90 Å². The molecule has 0 aromatic heterocycles. The first kappa shape index (κ1) is 16.8. The van der Waals surface area contributed by atoms with Crippen LogP contribution in [-0.2, 0) is 4.79 Å². The molecule has 122 valence electrons. The van der Waals surface area contributed by atoms with E-state index in [4.69, 9.17) is 4.74 Å². The molecular formula is C17H26N2O3. The number of nitrogens with zero attached hydrogens (tertiary/aromatic N) is 2. The molecule has 1 amide bonds. The zero-order valence-electron chi connectivity index (χ0n) is 13.7. The first-order valence-electron chi connectivity index (χ1n) is 8.04. The largest absolute Gasteiger partial charge is 0.491 e. The fraction of sp³-hybridized carbons (Fsp3) is 0.588. The van der Waals surface area contributed by atoms with Gasteiger partial charge in [0, 0.05) is 13.1 Å². The lowest BCUT2D eigenvalue weighted by Crippen LogP contribution is -2.38. The van der Waals surface area contributed by atoms with Gasteiger partial charge in [-0.05, 0) is 37.7 Å². The summed E-state index contributed by atoms with van der Waals surface area (Å²) >= 11 is 0. The van der Waals surface area contributed by atoms with Crippen molar-refractivity contribution in [2.45, 2.75) is 33.3 Å². The van der Waals surface area contributed by atoms with Gasteiger partial charge in [-0.15, -0.1) is 0 Å². The number of carbonyl (C=O) groups is 1. The van der Waals surface area contributed by atoms with Gasteiger partial charge in [0.05, 0.1) is 24.8 Å². The molecule has 1 aromatic rings. The van der Waals surface area contributed by atoms with Crippen molar-refractivity contribution in [2.75, 3.05) is 37.7 Å². The van der Waals surface area contributed by atoms with Crippen LogP contribution in [0.25, 0.3) is 0 Å². The van der Waals surface area contributed by atoms with Crippen LogP contribution in [0.4, 0.5) is 5.69 Å². The van der Waals surface area contributed by atoms with Crippen LogP contribution < -0.4 is 9.64 Å². The summed E-state index contributed by atoms with van der Waals surface area (Å²) in [6.07, 6.45) is -0.176. The second-order valence-electron chi connectivity index (χ2n) is 5.57. The Kier molecular flexibility index (Phi) is 5.80. The van der Waals surface area contributed by atoms with Gasteiger partial charge in [-0.3, -0.25) is 4.79 Å². The predicted molar refractivity (Wildman–Crippen MR) is 87.3 cm³/mol. The van der Waals surface area contributed by atoms with Crippen LogP contribution in [-0.4, -0.2) is 48.7 Å². The molecule has 1 heterocycles. The van der Waals surface area contributed by atoms with E-state index >= 15 is 0 Å². The molecule has 1 N–H and O–H groups in total. The van der Waals surface area contributed by atoms with Crippen molar-refractivity contribution in [2.24, 2.45) is 0 Å². The number of anilines is 1. The van der Waals surface area contributed by atoms with Crippen molar-refractivity contribution in [3.63, 3.8) is 0 Å². The Morgan fingerprint density at radius 1 is 1.36 bits per heavy atom. The smallest absolute Gasteiger partial charge is 0.230 e. The third kappa shape index (κ3) is 3.78. The molecule has 0 bridgehead atoms. The molecule has 0 saturated heterocycles. The third-order valence-corrected chi connectivity index (χ3v) is 4.17. The third-order valence-electron chi connectivity index (χ3n) is 4.17. The minimum atomic E-state index is -0.562. The van der Waals surface area contributed by atoms with Crippen LogP contribution >= 0.6 is 0 Å². The zero-order valence-corrected chi connectivity index (χ0v) is 13.7. The normalized spacial score (nSPS) is 16.2. The highest BCUT2D eigenvalue weighted by atomic mass is 16.5. The van der Waals surface area contributed by atoms with Gasteiger partial charge in [-0.25, -0.2) is 0 Å². The van der Waals surface area contributed by atoms with Gasteiger partial charge in [-0.2, -0.15) is 0 Å². The Hall–Kier alpha value is -1.59. The van der Waals surface area contributed by atoms with E-state index in [1.165, 1.54) is 0 Å². The van der Waals surface area contributed by atoms with E-state index in [1.807, 2.05) is 18.2 Å². The summed E-state index contributed by atoms with van der Waals surface area (Å²) in [5, 5.41) is 9.79. The number of aliphatic hydroxyl groups is 1. The van der Waals surface area contributed by atoms with E-state index in [1.54, 1.807) is 11.8 Å². The number of likely N-dealkylation sites (N-methyl/N-ethyl adjacent to an activating group) is 1. The van der Waals surface area contributed by atoms with Crippen molar-refractivity contribution >= 4 is 11.6 Å². The molecule has 2 rings (SSSR count). The minimum absolute atomic E-state index is 0.0775. The highest BCUT2D eigenvalue weighted by Crippen LogP contribution is 2.33. The van der Waals surface area contributed by atoms with E-state index < -0.39 is 6.10 Å². The van der Waals surface area contributed by atoms with E-state index in [0.717, 1.165) is 36.6 Å². The molecule has 22 heavy (non-hydrogen) atoms. The van der Waals surface area contributed by atoms with Crippen molar-refractivity contribution < 1.29 is 14.6 Å². The van der Waals surface area contributed by atoms with E-state index in [2.05, 4.69) is 18.7 Å². The Balaban J connectivity index is 2.27. The number of fused-ring (bicyclic) bond motifs is 1. The minimum Gasteiger partial charge on any atom is -0.491 e. The lowest BCUT2D eigenvalue weighted by Gasteiger charge is -2.26. The number of hydrogen-bond donors (Lipinski definition) is 1. The number of aliphatic hydroxyl groups excluding tert-OH is 1. The number of rotatable bonds is 6. The van der Waals surface area contributed by atoms with Gasteiger partial charge in [0.1, 0.15) is 5.75 Å². The average Bonchev–Trinajstić information content (AvgIpc) is 2.66. The predicted octanol–water partition coefficient (Wildman–Crippen LogP) is 2.20. The maximum absolute atomic E-state index is 12.4. The second kappa shape index (κ2) is 7.61. The Bertz CT molecular complexity index is 513. The molecule has 0 saturated carbocycles. The summed E-state index contributed by atoms with van der Waals surface area (Å²) in [5.74, 6) is 0.795. The molecule has 0 aliphatic carbocycles. The molecule has 1 aromatic carbocycles. The van der Waals surface area contributed by atoms with Gasteiger partial charge in [0.25, 0.3) is 0 Å². The number of benzene rings is 1. The maximum Gasteiger partial charge on any atom is 0.230 e. The molecule has 5 nitrogen and oxygen atoms in total. The molecule has 1 unspecified atom stereocenters. The Labute approximate surface area is 132 Å². The second-order valence-corrected chi connectivity index (χ2v) is 5.57. The molecule has 1 atom stereocenters. The quantitative estimate of drug-likeness (QED) is 0.875. The summed E-state index contributed by atoms with van der Waals surface area (Å²) in [4.78, 5) is 16.5. The fourth-order valence-electron chi connectivity index (χ4n) is 2.67. The molecule has 1 aliphatic rings. The monoisotopic (exact) mass is 306 g/mol. The lowest BCUT2D eigenvalue weighted by molar-refractivity contribution is -0.118. The van der Waals surface area contributed by atoms with Crippen LogP contribution in [0.3, 0.4) is 0 Å². The van der Waals surface area contributed by atoms with Crippen LogP contribution in [0, 0.1) is 0 Å². The summed E-state index contributed by atoms with van der Waals surface area (Å²) in [6.45, 7) is 9.78. The number of amides is 1. The van der Waals surface area contributed by atoms with Gasteiger partial charge in [0.2, 0.25) is 5.91 Å². The van der Waals surface area contributed by atoms with Crippen molar-refractivity contribution in [3.05, 3.63) is 23.8 Å². The summed E-state index contributed by atoms with van der Waals surface area (Å²) in [5.41, 5.74) is 1.57. The first-order valence-corrected chi connectivity index (χ1v) is 8.04. The number of ether oxygens (including phenoxy) is 1. The first-order chi connectivity index (χ1) is 10.6. The maximum atomic E-state index is 12.4. The molecule has 1 aliphatic heterocycles. The Morgan fingerprint density at radius 3 is 2.73 bits per heavy atom. The van der Waals surface area contributed by atoms with Crippen LogP contribution in [0.5, 0.6) is 5.75 Å². The van der Waals surface area contributed by atoms with Crippen LogP contribution in [0.15, 0.2) is 18.2 Å². The van der Waals surface area contributed by atoms with Gasteiger partial charge >= 0.3 is 0 Å². The molecule has 0 fully saturated rings. The molecule has 5 heteroatoms. The highest BCUT2D eigenvalue weighted by Gasteiger charge is 2.24. The fourth-order valence-corrected chi connectivity index (χ4v) is 2.67. The summed E-state index contributed by atoms with van der Waals surface area (Å²) < 4.78 is 5.69. The Morgan fingerprint density at radius 2 is 2.09 bits per heavy atom. The van der Waals surface area contributed by atoms with Crippen molar-refractivity contribution in [3.8, 4) is 5.75 Å². The number of carbonyl (C=O) groups excluding carboxylic acids is 1. The van der Waals surface area contributed by atoms with E-state index in [0.29, 0.717) is 19.6 Å². The van der Waals surface area contributed by atoms with Crippen LogP contribution in [0.2, 0.25) is 0 Å². The summed E-state index contributed by atoms with van der Waals surface area (Å²) in [6, 6.07) is 5.56.